The summed E-state index contributed by atoms with van der Waals surface area (Å²) in [5, 5.41) is 6.63. The molecule has 0 aromatic heterocycles. The molecular weight excluding hydrogens is 517 g/mol. The zero-order valence-electron chi connectivity index (χ0n) is 18.2. The Bertz CT molecular complexity index is 749. The molecule has 168 valence electrons. The number of carbonyl (C=O) groups excluding carboxylic acids is 2. The number of rotatable bonds is 6. The lowest BCUT2D eigenvalue weighted by Gasteiger charge is -2.37. The maximum absolute atomic E-state index is 12.6. The average molecular weight is 550 g/mol. The highest BCUT2D eigenvalue weighted by atomic mass is 127. The number of benzene rings is 1. The molecule has 0 radical (unpaired) electrons. The lowest BCUT2D eigenvalue weighted by molar-refractivity contribution is -0.131. The molecule has 0 aliphatic carbocycles. The van der Waals surface area contributed by atoms with Crippen molar-refractivity contribution in [3.63, 3.8) is 0 Å². The third-order valence-electron chi connectivity index (χ3n) is 4.98. The number of amides is 2. The first kappa shape index (κ1) is 26.5. The van der Waals surface area contributed by atoms with Crippen molar-refractivity contribution in [1.29, 1.82) is 0 Å². The number of hydrogen-bond acceptors (Lipinski definition) is 3. The number of carbonyl (C=O) groups is 2. The van der Waals surface area contributed by atoms with Gasteiger partial charge in [0.2, 0.25) is 11.8 Å². The van der Waals surface area contributed by atoms with Crippen LogP contribution in [-0.2, 0) is 16.0 Å². The topological polar surface area (TPSA) is 77.0 Å². The molecule has 9 heteroatoms. The summed E-state index contributed by atoms with van der Waals surface area (Å²) < 4.78 is 0. The van der Waals surface area contributed by atoms with E-state index in [1.165, 1.54) is 0 Å². The quantitative estimate of drug-likeness (QED) is 0.325. The van der Waals surface area contributed by atoms with E-state index in [0.29, 0.717) is 44.2 Å². The molecule has 2 rings (SSSR count). The zero-order valence-corrected chi connectivity index (χ0v) is 21.3. The van der Waals surface area contributed by atoms with E-state index >= 15 is 0 Å². The Hall–Kier alpha value is -1.55. The SMILES string of the molecule is CCNC(=NCC(C)(C)C(=O)NC)N1CCN(C(=O)Cc2cccc(Cl)c2)CC1.I. The first-order chi connectivity index (χ1) is 13.8. The second-order valence-electron chi connectivity index (χ2n) is 7.81. The van der Waals surface area contributed by atoms with Crippen LogP contribution >= 0.6 is 35.6 Å². The predicted octanol–water partition coefficient (Wildman–Crippen LogP) is 2.38. The molecule has 7 nitrogen and oxygen atoms in total. The van der Waals surface area contributed by atoms with Gasteiger partial charge in [0.15, 0.2) is 5.96 Å². The molecule has 0 atom stereocenters. The van der Waals surface area contributed by atoms with Crippen LogP contribution in [0.15, 0.2) is 29.3 Å². The fourth-order valence-corrected chi connectivity index (χ4v) is 3.42. The Labute approximate surface area is 201 Å². The predicted molar refractivity (Wildman–Crippen MR) is 133 cm³/mol. The Morgan fingerprint density at radius 3 is 2.37 bits per heavy atom. The molecule has 1 heterocycles. The van der Waals surface area contributed by atoms with Crippen molar-refractivity contribution >= 4 is 53.4 Å². The molecule has 0 spiro atoms. The van der Waals surface area contributed by atoms with E-state index in [1.807, 2.05) is 43.9 Å². The minimum absolute atomic E-state index is 0. The van der Waals surface area contributed by atoms with E-state index in [1.54, 1.807) is 13.1 Å². The minimum Gasteiger partial charge on any atom is -0.359 e. The summed E-state index contributed by atoms with van der Waals surface area (Å²) in [6, 6.07) is 7.42. The molecule has 2 N–H and O–H groups in total. The van der Waals surface area contributed by atoms with E-state index in [9.17, 15) is 9.59 Å². The lowest BCUT2D eigenvalue weighted by Crippen LogP contribution is -2.54. The molecular formula is C21H33ClIN5O2. The minimum atomic E-state index is -0.579. The summed E-state index contributed by atoms with van der Waals surface area (Å²) in [5.74, 6) is 0.856. The second-order valence-corrected chi connectivity index (χ2v) is 8.24. The van der Waals surface area contributed by atoms with Crippen LogP contribution in [0.25, 0.3) is 0 Å². The molecule has 2 amide bonds. The molecule has 0 bridgehead atoms. The maximum Gasteiger partial charge on any atom is 0.227 e. The fourth-order valence-electron chi connectivity index (χ4n) is 3.21. The fraction of sp³-hybridized carbons (Fsp3) is 0.571. The third-order valence-corrected chi connectivity index (χ3v) is 5.21. The zero-order chi connectivity index (χ0) is 21.4. The number of guanidine groups is 1. The van der Waals surface area contributed by atoms with E-state index in [-0.39, 0.29) is 35.8 Å². The molecule has 1 aromatic rings. The normalized spacial score (nSPS) is 14.8. The molecule has 1 aliphatic heterocycles. The van der Waals surface area contributed by atoms with Crippen molar-refractivity contribution in [1.82, 2.24) is 20.4 Å². The smallest absolute Gasteiger partial charge is 0.227 e. The second kappa shape index (κ2) is 12.3. The number of aliphatic imine (C=N–C) groups is 1. The number of hydrogen-bond donors (Lipinski definition) is 2. The Kier molecular flexibility index (Phi) is 10.9. The Balaban J connectivity index is 0.00000450. The summed E-state index contributed by atoms with van der Waals surface area (Å²) in [4.78, 5) is 33.3. The third kappa shape index (κ3) is 7.61. The van der Waals surface area contributed by atoms with E-state index in [4.69, 9.17) is 11.6 Å². The van der Waals surface area contributed by atoms with Gasteiger partial charge in [-0.3, -0.25) is 14.6 Å². The van der Waals surface area contributed by atoms with Gasteiger partial charge in [-0.05, 0) is 38.5 Å². The summed E-state index contributed by atoms with van der Waals surface area (Å²) in [6.07, 6.45) is 0.356. The van der Waals surface area contributed by atoms with E-state index in [0.717, 1.165) is 18.1 Å². The van der Waals surface area contributed by atoms with Crippen molar-refractivity contribution in [3.8, 4) is 0 Å². The van der Waals surface area contributed by atoms with E-state index < -0.39 is 5.41 Å². The highest BCUT2D eigenvalue weighted by molar-refractivity contribution is 14.0. The van der Waals surface area contributed by atoms with Crippen molar-refractivity contribution in [2.75, 3.05) is 46.3 Å². The van der Waals surface area contributed by atoms with Crippen LogP contribution in [0.2, 0.25) is 5.02 Å². The van der Waals surface area contributed by atoms with E-state index in [2.05, 4.69) is 20.5 Å². The van der Waals surface area contributed by atoms with Gasteiger partial charge in [-0.1, -0.05) is 23.7 Å². The monoisotopic (exact) mass is 549 g/mol. The molecule has 0 unspecified atom stereocenters. The molecule has 30 heavy (non-hydrogen) atoms. The summed E-state index contributed by atoms with van der Waals surface area (Å²) >= 11 is 6.01. The Morgan fingerprint density at radius 1 is 1.17 bits per heavy atom. The molecule has 1 fully saturated rings. The largest absolute Gasteiger partial charge is 0.359 e. The van der Waals surface area contributed by atoms with Crippen LogP contribution in [-0.4, -0.2) is 73.9 Å². The maximum atomic E-state index is 12.6. The van der Waals surface area contributed by atoms with Crippen LogP contribution in [0.4, 0.5) is 0 Å². The first-order valence-electron chi connectivity index (χ1n) is 10.0. The number of nitrogens with one attached hydrogen (secondary N) is 2. The summed E-state index contributed by atoms with van der Waals surface area (Å²) in [6.45, 7) is 9.60. The van der Waals surface area contributed by atoms with Gasteiger partial charge >= 0.3 is 0 Å². The highest BCUT2D eigenvalue weighted by Crippen LogP contribution is 2.16. The van der Waals surface area contributed by atoms with Gasteiger partial charge in [0, 0.05) is 44.8 Å². The number of halogens is 2. The van der Waals surface area contributed by atoms with Gasteiger partial charge in [-0.15, -0.1) is 24.0 Å². The molecule has 1 aromatic carbocycles. The van der Waals surface area contributed by atoms with Crippen LogP contribution in [0.1, 0.15) is 26.3 Å². The summed E-state index contributed by atoms with van der Waals surface area (Å²) in [5.41, 5.74) is 0.348. The Morgan fingerprint density at radius 2 is 1.80 bits per heavy atom. The van der Waals surface area contributed by atoms with Crippen LogP contribution < -0.4 is 10.6 Å². The molecule has 1 aliphatic rings. The number of nitrogens with zero attached hydrogens (tertiary/aromatic N) is 3. The standard InChI is InChI=1S/C21H32ClN5O2.HI/c1-5-24-20(25-15-21(2,3)19(29)23-4)27-11-9-26(10-12-27)18(28)14-16-7-6-8-17(22)13-16;/h6-8,13H,5,9-12,14-15H2,1-4H3,(H,23,29)(H,24,25);1H. The van der Waals surface area contributed by atoms with Gasteiger partial charge in [-0.25, -0.2) is 0 Å². The van der Waals surface area contributed by atoms with Crippen molar-refractivity contribution in [2.24, 2.45) is 10.4 Å². The van der Waals surface area contributed by atoms with Crippen molar-refractivity contribution < 1.29 is 9.59 Å². The average Bonchev–Trinajstić information content (AvgIpc) is 2.70. The highest BCUT2D eigenvalue weighted by Gasteiger charge is 2.28. The number of piperazine rings is 1. The van der Waals surface area contributed by atoms with Gasteiger partial charge < -0.3 is 20.4 Å². The lowest BCUT2D eigenvalue weighted by atomic mass is 9.93. The van der Waals surface area contributed by atoms with Gasteiger partial charge in [0.05, 0.1) is 18.4 Å². The van der Waals surface area contributed by atoms with Gasteiger partial charge in [0.1, 0.15) is 0 Å². The first-order valence-corrected chi connectivity index (χ1v) is 10.4. The molecule has 1 saturated heterocycles. The van der Waals surface area contributed by atoms with Crippen LogP contribution in [0.5, 0.6) is 0 Å². The van der Waals surface area contributed by atoms with Crippen LogP contribution in [0, 0.1) is 5.41 Å². The van der Waals surface area contributed by atoms with Crippen molar-refractivity contribution in [2.45, 2.75) is 27.2 Å². The molecule has 0 saturated carbocycles. The van der Waals surface area contributed by atoms with Gasteiger partial charge in [0.25, 0.3) is 0 Å². The van der Waals surface area contributed by atoms with Gasteiger partial charge in [-0.2, -0.15) is 0 Å². The summed E-state index contributed by atoms with van der Waals surface area (Å²) in [7, 11) is 1.64. The van der Waals surface area contributed by atoms with Crippen molar-refractivity contribution in [3.05, 3.63) is 34.9 Å². The van der Waals surface area contributed by atoms with Crippen LogP contribution in [0.3, 0.4) is 0 Å².